The van der Waals surface area contributed by atoms with Crippen LogP contribution in [0.25, 0.3) is 76.6 Å². The fourth-order valence-corrected chi connectivity index (χ4v) is 5.76. The summed E-state index contributed by atoms with van der Waals surface area (Å²) in [6.07, 6.45) is 3.79. The molecule has 0 aliphatic carbocycles. The van der Waals surface area contributed by atoms with Crippen LogP contribution in [0.1, 0.15) is 0 Å². The Balaban J connectivity index is 1.62. The van der Waals surface area contributed by atoms with E-state index in [1.165, 1.54) is 32.6 Å². The van der Waals surface area contributed by atoms with Crippen molar-refractivity contribution in [3.8, 4) is 0 Å². The van der Waals surface area contributed by atoms with E-state index in [0.717, 1.165) is 44.0 Å². The van der Waals surface area contributed by atoms with Crippen LogP contribution >= 0.6 is 0 Å². The standard InChI is InChI=1S/C26H12N2O2/c1-3-7-19-13(5-1)17-11-29-25-15-10-22-16(9-21(15)27(19)23(17)25)26-24-18(12-30-26)14-6-2-4-8-20(14)28(22)24/h1-12H. The van der Waals surface area contributed by atoms with Gasteiger partial charge >= 0.3 is 0 Å². The SMILES string of the molecule is c1ccc2c(c1)c1coc3c4cc5c(cc4n2c13)c1occ2c3ccccc3n5c21. The van der Waals surface area contributed by atoms with Gasteiger partial charge < -0.3 is 17.6 Å². The van der Waals surface area contributed by atoms with Gasteiger partial charge in [0, 0.05) is 32.3 Å². The van der Waals surface area contributed by atoms with Gasteiger partial charge in [0.25, 0.3) is 0 Å². The highest BCUT2D eigenvalue weighted by Crippen LogP contribution is 2.45. The Kier molecular flexibility index (Phi) is 1.95. The fourth-order valence-electron chi connectivity index (χ4n) is 5.76. The first-order valence-electron chi connectivity index (χ1n) is 10.1. The number of aromatic nitrogens is 2. The minimum atomic E-state index is 0.954. The quantitative estimate of drug-likeness (QED) is 0.278. The first-order chi connectivity index (χ1) is 14.9. The maximum Gasteiger partial charge on any atom is 0.160 e. The van der Waals surface area contributed by atoms with Crippen LogP contribution in [0.15, 0.2) is 82.0 Å². The molecule has 0 spiro atoms. The van der Waals surface area contributed by atoms with Gasteiger partial charge in [-0.05, 0) is 24.3 Å². The first-order valence-corrected chi connectivity index (χ1v) is 10.1. The molecule has 138 valence electrons. The maximum absolute atomic E-state index is 6.10. The normalized spacial score (nSPS) is 13.3. The summed E-state index contributed by atoms with van der Waals surface area (Å²) >= 11 is 0. The Labute approximate surface area is 167 Å². The van der Waals surface area contributed by atoms with Crippen molar-refractivity contribution in [2.75, 3.05) is 0 Å². The van der Waals surface area contributed by atoms with Crippen molar-refractivity contribution in [3.05, 3.63) is 73.2 Å². The number of nitrogens with zero attached hydrogens (tertiary/aromatic N) is 2. The van der Waals surface area contributed by atoms with E-state index in [1.807, 2.05) is 12.5 Å². The molecule has 0 fully saturated rings. The van der Waals surface area contributed by atoms with Crippen LogP contribution in [-0.4, -0.2) is 8.80 Å². The molecule has 0 unspecified atom stereocenters. The third-order valence-electron chi connectivity index (χ3n) is 6.93. The summed E-state index contributed by atoms with van der Waals surface area (Å²) in [4.78, 5) is 0. The summed E-state index contributed by atoms with van der Waals surface area (Å²) in [6.45, 7) is 0. The van der Waals surface area contributed by atoms with Gasteiger partial charge in [0.2, 0.25) is 0 Å². The highest BCUT2D eigenvalue weighted by molar-refractivity contribution is 6.27. The summed E-state index contributed by atoms with van der Waals surface area (Å²) in [5.41, 5.74) is 8.99. The summed E-state index contributed by atoms with van der Waals surface area (Å²) in [7, 11) is 0. The van der Waals surface area contributed by atoms with Crippen LogP contribution in [0.2, 0.25) is 0 Å². The molecule has 0 radical (unpaired) electrons. The van der Waals surface area contributed by atoms with Gasteiger partial charge in [0.15, 0.2) is 11.2 Å². The van der Waals surface area contributed by atoms with E-state index in [9.17, 15) is 0 Å². The third-order valence-corrected chi connectivity index (χ3v) is 6.93. The number of fused-ring (bicyclic) bond motifs is 12. The van der Waals surface area contributed by atoms with Crippen molar-refractivity contribution in [2.45, 2.75) is 0 Å². The molecular weight excluding hydrogens is 372 g/mol. The molecule has 0 saturated heterocycles. The summed E-state index contributed by atoms with van der Waals surface area (Å²) < 4.78 is 16.9. The Morgan fingerprint density at radius 1 is 0.467 bits per heavy atom. The third kappa shape index (κ3) is 1.24. The zero-order chi connectivity index (χ0) is 19.1. The second kappa shape index (κ2) is 4.21. The Morgan fingerprint density at radius 2 is 0.933 bits per heavy atom. The minimum absolute atomic E-state index is 0.954. The second-order valence-electron chi connectivity index (χ2n) is 8.25. The van der Waals surface area contributed by atoms with Gasteiger partial charge in [0.05, 0.1) is 22.1 Å². The van der Waals surface area contributed by atoms with E-state index in [0.29, 0.717) is 0 Å². The molecule has 30 heavy (non-hydrogen) atoms. The first kappa shape index (κ1) is 13.9. The molecule has 9 rings (SSSR count). The smallest absolute Gasteiger partial charge is 0.160 e. The molecule has 6 aromatic heterocycles. The lowest BCUT2D eigenvalue weighted by Gasteiger charge is -1.99. The predicted octanol–water partition coefficient (Wildman–Crippen LogP) is 7.17. The summed E-state index contributed by atoms with van der Waals surface area (Å²) in [6, 6.07) is 21.6. The van der Waals surface area contributed by atoms with Crippen LogP contribution < -0.4 is 0 Å². The Hall–Kier alpha value is -4.18. The molecule has 0 aliphatic heterocycles. The predicted molar refractivity (Wildman–Crippen MR) is 120 cm³/mol. The van der Waals surface area contributed by atoms with Crippen LogP contribution in [0.5, 0.6) is 0 Å². The topological polar surface area (TPSA) is 35.1 Å². The van der Waals surface area contributed by atoms with Crippen molar-refractivity contribution < 1.29 is 8.83 Å². The van der Waals surface area contributed by atoms with E-state index in [1.54, 1.807) is 0 Å². The number of hydrogen-bond acceptors (Lipinski definition) is 2. The average Bonchev–Trinajstić information content (AvgIpc) is 3.57. The molecule has 0 saturated carbocycles. The molecular formula is C26H12N2O2. The highest BCUT2D eigenvalue weighted by Gasteiger charge is 2.25. The van der Waals surface area contributed by atoms with Gasteiger partial charge in [0.1, 0.15) is 23.6 Å². The average molecular weight is 384 g/mol. The van der Waals surface area contributed by atoms with E-state index in [4.69, 9.17) is 8.83 Å². The van der Waals surface area contributed by atoms with E-state index >= 15 is 0 Å². The number of benzene rings is 3. The van der Waals surface area contributed by atoms with Crippen LogP contribution in [-0.2, 0) is 0 Å². The molecule has 0 atom stereocenters. The molecule has 9 aromatic rings. The van der Waals surface area contributed by atoms with Gasteiger partial charge in [-0.2, -0.15) is 0 Å². The zero-order valence-electron chi connectivity index (χ0n) is 15.6. The lowest BCUT2D eigenvalue weighted by molar-refractivity contribution is 0.622. The molecule has 0 N–H and O–H groups in total. The Bertz CT molecular complexity index is 1960. The van der Waals surface area contributed by atoms with Crippen LogP contribution in [0, 0.1) is 0 Å². The van der Waals surface area contributed by atoms with Crippen LogP contribution in [0.4, 0.5) is 0 Å². The molecule has 0 bridgehead atoms. The van der Waals surface area contributed by atoms with Gasteiger partial charge in [-0.15, -0.1) is 0 Å². The highest BCUT2D eigenvalue weighted by atomic mass is 16.3. The van der Waals surface area contributed by atoms with Crippen molar-refractivity contribution >= 4 is 76.6 Å². The zero-order valence-corrected chi connectivity index (χ0v) is 15.6. The minimum Gasteiger partial charge on any atom is -0.461 e. The number of para-hydroxylation sites is 2. The van der Waals surface area contributed by atoms with Gasteiger partial charge in [-0.3, -0.25) is 0 Å². The summed E-state index contributed by atoms with van der Waals surface area (Å²) in [5, 5.41) is 7.08. The lowest BCUT2D eigenvalue weighted by Crippen LogP contribution is -1.82. The van der Waals surface area contributed by atoms with E-state index in [2.05, 4.69) is 69.5 Å². The largest absolute Gasteiger partial charge is 0.461 e. The number of rotatable bonds is 0. The van der Waals surface area contributed by atoms with Crippen molar-refractivity contribution in [1.29, 1.82) is 0 Å². The summed E-state index contributed by atoms with van der Waals surface area (Å²) in [5.74, 6) is 0. The van der Waals surface area contributed by atoms with Crippen molar-refractivity contribution in [3.63, 3.8) is 0 Å². The van der Waals surface area contributed by atoms with Crippen molar-refractivity contribution in [2.24, 2.45) is 0 Å². The molecule has 3 aromatic carbocycles. The van der Waals surface area contributed by atoms with Crippen molar-refractivity contribution in [1.82, 2.24) is 8.80 Å². The molecule has 0 amide bonds. The molecule has 4 heteroatoms. The fraction of sp³-hybridized carbons (Fsp3) is 0. The molecule has 4 nitrogen and oxygen atoms in total. The lowest BCUT2D eigenvalue weighted by atomic mass is 10.1. The van der Waals surface area contributed by atoms with Crippen LogP contribution in [0.3, 0.4) is 0 Å². The monoisotopic (exact) mass is 384 g/mol. The van der Waals surface area contributed by atoms with Gasteiger partial charge in [-0.25, -0.2) is 0 Å². The molecule has 0 aliphatic rings. The number of furan rings is 2. The molecule has 6 heterocycles. The number of hydrogen-bond donors (Lipinski definition) is 0. The maximum atomic E-state index is 6.10. The van der Waals surface area contributed by atoms with Gasteiger partial charge in [-0.1, -0.05) is 36.4 Å². The van der Waals surface area contributed by atoms with E-state index < -0.39 is 0 Å². The second-order valence-corrected chi connectivity index (χ2v) is 8.25. The Morgan fingerprint density at radius 3 is 1.43 bits per heavy atom. The van der Waals surface area contributed by atoms with E-state index in [-0.39, 0.29) is 0 Å².